The molecule has 0 bridgehead atoms. The Hall–Kier alpha value is -0.940. The Morgan fingerprint density at radius 3 is 3.00 bits per heavy atom. The smallest absolute Gasteiger partial charge is 0.352 e. The summed E-state index contributed by atoms with van der Waals surface area (Å²) in [6.45, 7) is 0. The minimum atomic E-state index is -1.05. The SMILES string of the molecule is O=C(O)C1=C(/C=C/CCl)CS[C@@H]2CC(=O)N12. The van der Waals surface area contributed by atoms with Gasteiger partial charge in [0.2, 0.25) is 5.91 Å². The van der Waals surface area contributed by atoms with Gasteiger partial charge in [-0.3, -0.25) is 9.69 Å². The van der Waals surface area contributed by atoms with E-state index in [1.165, 1.54) is 4.90 Å². The maximum Gasteiger partial charge on any atom is 0.352 e. The van der Waals surface area contributed by atoms with Gasteiger partial charge in [-0.05, 0) is 5.57 Å². The van der Waals surface area contributed by atoms with E-state index in [-0.39, 0.29) is 17.0 Å². The van der Waals surface area contributed by atoms with Gasteiger partial charge in [0.15, 0.2) is 0 Å². The number of hydrogen-bond donors (Lipinski definition) is 1. The summed E-state index contributed by atoms with van der Waals surface area (Å²) in [6.07, 6.45) is 3.81. The zero-order valence-corrected chi connectivity index (χ0v) is 9.92. The highest BCUT2D eigenvalue weighted by atomic mass is 35.5. The normalized spacial score (nSPS) is 24.7. The van der Waals surface area contributed by atoms with E-state index in [1.807, 2.05) is 0 Å². The van der Waals surface area contributed by atoms with Crippen molar-refractivity contribution >= 4 is 35.2 Å². The third-order valence-corrected chi connectivity index (χ3v) is 3.91. The van der Waals surface area contributed by atoms with E-state index in [1.54, 1.807) is 23.9 Å². The van der Waals surface area contributed by atoms with Gasteiger partial charge in [0.05, 0.1) is 11.8 Å². The third-order valence-electron chi connectivity index (χ3n) is 2.49. The second kappa shape index (κ2) is 4.51. The van der Waals surface area contributed by atoms with Crippen LogP contribution in [0, 0.1) is 0 Å². The van der Waals surface area contributed by atoms with Crippen LogP contribution in [0.2, 0.25) is 0 Å². The van der Waals surface area contributed by atoms with Crippen LogP contribution < -0.4 is 0 Å². The van der Waals surface area contributed by atoms with Gasteiger partial charge in [-0.2, -0.15) is 0 Å². The van der Waals surface area contributed by atoms with Crippen LogP contribution in [0.3, 0.4) is 0 Å². The predicted octanol–water partition coefficient (Wildman–Crippen LogP) is 1.43. The van der Waals surface area contributed by atoms with Crippen LogP contribution in [0.4, 0.5) is 0 Å². The number of carbonyl (C=O) groups is 2. The lowest BCUT2D eigenvalue weighted by atomic mass is 10.1. The summed E-state index contributed by atoms with van der Waals surface area (Å²) in [6, 6.07) is 0. The number of allylic oxidation sites excluding steroid dienone is 2. The molecule has 1 N–H and O–H groups in total. The number of aliphatic carboxylic acids is 1. The fourth-order valence-electron chi connectivity index (χ4n) is 1.75. The fourth-order valence-corrected chi connectivity index (χ4v) is 3.08. The number of amides is 1. The Morgan fingerprint density at radius 2 is 2.44 bits per heavy atom. The molecule has 6 heteroatoms. The first-order valence-electron chi connectivity index (χ1n) is 4.77. The molecular formula is C10H10ClNO3S. The summed E-state index contributed by atoms with van der Waals surface area (Å²) < 4.78 is 0. The van der Waals surface area contributed by atoms with Crippen LogP contribution in [0.1, 0.15) is 6.42 Å². The van der Waals surface area contributed by atoms with Crippen LogP contribution in [0.15, 0.2) is 23.4 Å². The zero-order valence-electron chi connectivity index (χ0n) is 8.35. The van der Waals surface area contributed by atoms with Crippen molar-refractivity contribution in [2.45, 2.75) is 11.8 Å². The van der Waals surface area contributed by atoms with Crippen LogP contribution in [0.5, 0.6) is 0 Å². The van der Waals surface area contributed by atoms with Crippen LogP contribution in [-0.4, -0.2) is 38.9 Å². The van der Waals surface area contributed by atoms with E-state index in [4.69, 9.17) is 16.7 Å². The van der Waals surface area contributed by atoms with Crippen molar-refractivity contribution in [1.29, 1.82) is 0 Å². The van der Waals surface area contributed by atoms with Crippen molar-refractivity contribution in [3.8, 4) is 0 Å². The minimum absolute atomic E-state index is 0.00625. The summed E-state index contributed by atoms with van der Waals surface area (Å²) in [5.41, 5.74) is 0.767. The van der Waals surface area contributed by atoms with Gasteiger partial charge in [-0.15, -0.1) is 23.4 Å². The molecule has 2 aliphatic rings. The number of thioether (sulfide) groups is 1. The number of rotatable bonds is 3. The number of carbonyl (C=O) groups excluding carboxylic acids is 1. The molecule has 1 saturated heterocycles. The topological polar surface area (TPSA) is 57.6 Å². The monoisotopic (exact) mass is 259 g/mol. The predicted molar refractivity (Wildman–Crippen MR) is 62.2 cm³/mol. The molecule has 0 spiro atoms. The summed E-state index contributed by atoms with van der Waals surface area (Å²) in [5, 5.41) is 9.13. The minimum Gasteiger partial charge on any atom is -0.477 e. The van der Waals surface area contributed by atoms with E-state index >= 15 is 0 Å². The van der Waals surface area contributed by atoms with Gasteiger partial charge in [0.25, 0.3) is 0 Å². The quantitative estimate of drug-likeness (QED) is 0.615. The molecule has 2 aliphatic heterocycles. The molecule has 2 heterocycles. The van der Waals surface area contributed by atoms with Gasteiger partial charge in [-0.1, -0.05) is 12.2 Å². The molecule has 16 heavy (non-hydrogen) atoms. The maximum atomic E-state index is 11.4. The number of carboxylic acid groups (broad SMARTS) is 1. The van der Waals surface area contributed by atoms with Crippen LogP contribution in [0.25, 0.3) is 0 Å². The number of nitrogens with zero attached hydrogens (tertiary/aromatic N) is 1. The highest BCUT2D eigenvalue weighted by Crippen LogP contribution is 2.40. The van der Waals surface area contributed by atoms with E-state index in [0.29, 0.717) is 23.6 Å². The molecule has 0 aromatic carbocycles. The molecule has 2 rings (SSSR count). The second-order valence-electron chi connectivity index (χ2n) is 3.47. The Morgan fingerprint density at radius 1 is 1.69 bits per heavy atom. The number of hydrogen-bond acceptors (Lipinski definition) is 3. The van der Waals surface area contributed by atoms with Crippen molar-refractivity contribution in [2.75, 3.05) is 11.6 Å². The molecule has 0 aromatic heterocycles. The fraction of sp³-hybridized carbons (Fsp3) is 0.400. The molecule has 0 aromatic rings. The largest absolute Gasteiger partial charge is 0.477 e. The average molecular weight is 260 g/mol. The summed E-state index contributed by atoms with van der Waals surface area (Å²) in [7, 11) is 0. The lowest BCUT2D eigenvalue weighted by molar-refractivity contribution is -0.146. The Balaban J connectivity index is 2.35. The van der Waals surface area contributed by atoms with Gasteiger partial charge in [-0.25, -0.2) is 4.79 Å². The molecule has 86 valence electrons. The molecule has 1 atom stereocenters. The first kappa shape index (κ1) is 11.5. The molecule has 1 fully saturated rings. The second-order valence-corrected chi connectivity index (χ2v) is 4.94. The first-order valence-corrected chi connectivity index (χ1v) is 6.36. The summed E-state index contributed by atoms with van der Waals surface area (Å²) >= 11 is 7.10. The van der Waals surface area contributed by atoms with Crippen LogP contribution in [-0.2, 0) is 9.59 Å². The van der Waals surface area contributed by atoms with Gasteiger partial charge < -0.3 is 5.11 Å². The Bertz CT molecular complexity index is 405. The number of β-lactam (4-membered cyclic amide) rings is 1. The van der Waals surface area contributed by atoms with Crippen LogP contribution >= 0.6 is 23.4 Å². The number of halogens is 1. The lowest BCUT2D eigenvalue weighted by Gasteiger charge is -2.43. The van der Waals surface area contributed by atoms with E-state index in [0.717, 1.165) is 0 Å². The van der Waals surface area contributed by atoms with Crippen molar-refractivity contribution in [3.05, 3.63) is 23.4 Å². The van der Waals surface area contributed by atoms with E-state index in [9.17, 15) is 9.59 Å². The molecule has 0 radical (unpaired) electrons. The molecule has 0 unspecified atom stereocenters. The maximum absolute atomic E-state index is 11.4. The van der Waals surface area contributed by atoms with Gasteiger partial charge in [0, 0.05) is 11.6 Å². The van der Waals surface area contributed by atoms with Crippen molar-refractivity contribution in [3.63, 3.8) is 0 Å². The zero-order chi connectivity index (χ0) is 11.7. The van der Waals surface area contributed by atoms with Gasteiger partial charge in [0.1, 0.15) is 5.70 Å². The van der Waals surface area contributed by atoms with E-state index < -0.39 is 5.97 Å². The molecule has 0 saturated carbocycles. The van der Waals surface area contributed by atoms with Crippen molar-refractivity contribution < 1.29 is 14.7 Å². The summed E-state index contributed by atoms with van der Waals surface area (Å²) in [5.74, 6) is -0.221. The van der Waals surface area contributed by atoms with Crippen molar-refractivity contribution in [1.82, 2.24) is 4.90 Å². The lowest BCUT2D eigenvalue weighted by Crippen LogP contribution is -2.53. The molecular weight excluding hydrogens is 250 g/mol. The highest BCUT2D eigenvalue weighted by molar-refractivity contribution is 8.00. The highest BCUT2D eigenvalue weighted by Gasteiger charge is 2.44. The van der Waals surface area contributed by atoms with Crippen molar-refractivity contribution in [2.24, 2.45) is 0 Å². The molecule has 4 nitrogen and oxygen atoms in total. The number of alkyl halides is 1. The Kier molecular flexibility index (Phi) is 3.25. The number of carboxylic acids is 1. The van der Waals surface area contributed by atoms with E-state index in [2.05, 4.69) is 0 Å². The first-order chi connectivity index (χ1) is 7.65. The third kappa shape index (κ3) is 1.85. The number of fused-ring (bicyclic) bond motifs is 1. The molecule has 1 amide bonds. The Labute approximate surface area is 102 Å². The standard InChI is InChI=1S/C10H10ClNO3S/c11-3-1-2-6-5-16-8-4-7(13)12(8)9(6)10(14)15/h1-2,8H,3-5H2,(H,14,15)/b2-1+/t8-/m1/s1. The molecule has 0 aliphatic carbocycles. The summed E-state index contributed by atoms with van der Waals surface area (Å²) in [4.78, 5) is 23.9. The van der Waals surface area contributed by atoms with Gasteiger partial charge >= 0.3 is 5.97 Å². The average Bonchev–Trinajstić information content (AvgIpc) is 2.24.